The number of hydrogen-bond donors (Lipinski definition) is 1. The molecule has 0 amide bonds. The highest BCUT2D eigenvalue weighted by atomic mass is 35.5. The molecule has 0 saturated heterocycles. The van der Waals surface area contributed by atoms with Gasteiger partial charge < -0.3 is 10.1 Å². The molecule has 0 spiro atoms. The van der Waals surface area contributed by atoms with E-state index in [9.17, 15) is 4.39 Å². The monoisotopic (exact) mass is 345 g/mol. The van der Waals surface area contributed by atoms with Crippen LogP contribution < -0.4 is 10.1 Å². The van der Waals surface area contributed by atoms with Crippen LogP contribution in [0.5, 0.6) is 5.88 Å². The highest BCUT2D eigenvalue weighted by Gasteiger charge is 2.14. The third kappa shape index (κ3) is 2.66. The van der Waals surface area contributed by atoms with Crippen molar-refractivity contribution in [1.29, 1.82) is 0 Å². The molecule has 110 valence electrons. The van der Waals surface area contributed by atoms with E-state index in [1.165, 1.54) is 23.5 Å². The molecule has 0 radical (unpaired) electrons. The number of benzene rings is 1. The molecule has 0 atom stereocenters. The quantitative estimate of drug-likeness (QED) is 0.709. The van der Waals surface area contributed by atoms with Gasteiger partial charge in [0.05, 0.1) is 23.7 Å². The molecule has 2 heterocycles. The molecule has 0 bridgehead atoms. The van der Waals surface area contributed by atoms with Crippen LogP contribution in [0.1, 0.15) is 5.69 Å². The van der Waals surface area contributed by atoms with Gasteiger partial charge in [0.25, 0.3) is 0 Å². The summed E-state index contributed by atoms with van der Waals surface area (Å²) in [4.78, 5) is 5.21. The molecule has 2 aromatic heterocycles. The van der Waals surface area contributed by atoms with Gasteiger partial charge in [-0.25, -0.2) is 4.39 Å². The minimum atomic E-state index is -0.619. The summed E-state index contributed by atoms with van der Waals surface area (Å²) in [6.45, 7) is 0.444. The first-order chi connectivity index (χ1) is 10.1. The fourth-order valence-electron chi connectivity index (χ4n) is 1.98. The van der Waals surface area contributed by atoms with Crippen molar-refractivity contribution in [3.63, 3.8) is 0 Å². The standard InChI is InChI=1S/C13H10Cl2FN3OS/c1-20-12-10(19-2-3-21-13(19)18-12)6-17-7-4-8(14)11(16)9(15)5-7/h2-5,17H,6H2,1H3. The van der Waals surface area contributed by atoms with Crippen LogP contribution in [0.15, 0.2) is 23.7 Å². The third-order valence-corrected chi connectivity index (χ3v) is 4.27. The number of thiazole rings is 1. The summed E-state index contributed by atoms with van der Waals surface area (Å²) in [5.74, 6) is -0.0697. The Balaban J connectivity index is 1.88. The molecule has 4 nitrogen and oxygen atoms in total. The lowest BCUT2D eigenvalue weighted by molar-refractivity contribution is 0.395. The Bertz CT molecular complexity index is 779. The van der Waals surface area contributed by atoms with E-state index in [-0.39, 0.29) is 10.0 Å². The summed E-state index contributed by atoms with van der Waals surface area (Å²) in [7, 11) is 1.57. The molecule has 0 aliphatic rings. The third-order valence-electron chi connectivity index (χ3n) is 2.96. The molecule has 3 rings (SSSR count). The van der Waals surface area contributed by atoms with Gasteiger partial charge in [0, 0.05) is 17.3 Å². The Kier molecular flexibility index (Phi) is 3.93. The molecule has 1 aromatic carbocycles. The first-order valence-electron chi connectivity index (χ1n) is 5.97. The van der Waals surface area contributed by atoms with Crippen molar-refractivity contribution in [3.8, 4) is 5.88 Å². The summed E-state index contributed by atoms with van der Waals surface area (Å²) in [6.07, 6.45) is 1.91. The average molecular weight is 346 g/mol. The summed E-state index contributed by atoms with van der Waals surface area (Å²) in [5.41, 5.74) is 1.49. The molecular formula is C13H10Cl2FN3OS. The summed E-state index contributed by atoms with van der Waals surface area (Å²) in [6, 6.07) is 2.97. The second-order valence-electron chi connectivity index (χ2n) is 4.23. The second-order valence-corrected chi connectivity index (χ2v) is 5.92. The van der Waals surface area contributed by atoms with Gasteiger partial charge in [0.15, 0.2) is 10.8 Å². The first-order valence-corrected chi connectivity index (χ1v) is 7.60. The minimum Gasteiger partial charge on any atom is -0.480 e. The fraction of sp³-hybridized carbons (Fsp3) is 0.154. The number of rotatable bonds is 4. The van der Waals surface area contributed by atoms with Gasteiger partial charge in [0.1, 0.15) is 5.69 Å². The summed E-state index contributed by atoms with van der Waals surface area (Å²) in [5, 5.41) is 5.04. The molecule has 21 heavy (non-hydrogen) atoms. The molecule has 3 aromatic rings. The molecule has 0 aliphatic heterocycles. The molecule has 8 heteroatoms. The van der Waals surface area contributed by atoms with Crippen molar-refractivity contribution in [2.45, 2.75) is 6.54 Å². The largest absolute Gasteiger partial charge is 0.480 e. The lowest BCUT2D eigenvalue weighted by Gasteiger charge is -2.09. The molecule has 0 aliphatic carbocycles. The maximum Gasteiger partial charge on any atom is 0.238 e. The predicted molar refractivity (Wildman–Crippen MR) is 83.4 cm³/mol. The zero-order valence-corrected chi connectivity index (χ0v) is 13.2. The summed E-state index contributed by atoms with van der Waals surface area (Å²) >= 11 is 13.1. The maximum atomic E-state index is 13.4. The van der Waals surface area contributed by atoms with Gasteiger partial charge in [-0.15, -0.1) is 11.3 Å². The van der Waals surface area contributed by atoms with E-state index in [0.29, 0.717) is 18.1 Å². The van der Waals surface area contributed by atoms with Gasteiger partial charge >= 0.3 is 0 Å². The van der Waals surface area contributed by atoms with Crippen molar-refractivity contribution in [3.05, 3.63) is 45.3 Å². The molecular weight excluding hydrogens is 336 g/mol. The molecule has 0 unspecified atom stereocenters. The van der Waals surface area contributed by atoms with Gasteiger partial charge in [0.2, 0.25) is 5.88 Å². The predicted octanol–water partition coefficient (Wildman–Crippen LogP) is 4.46. The van der Waals surface area contributed by atoms with Crippen LogP contribution in [-0.4, -0.2) is 16.5 Å². The average Bonchev–Trinajstić information content (AvgIpc) is 3.02. The molecule has 1 N–H and O–H groups in total. The lowest BCUT2D eigenvalue weighted by atomic mass is 10.3. The van der Waals surface area contributed by atoms with Crippen LogP contribution in [0.3, 0.4) is 0 Å². The number of nitrogens with one attached hydrogen (secondary N) is 1. The summed E-state index contributed by atoms with van der Waals surface area (Å²) < 4.78 is 20.6. The lowest BCUT2D eigenvalue weighted by Crippen LogP contribution is -2.04. The van der Waals surface area contributed by atoms with E-state index in [1.54, 1.807) is 7.11 Å². The Hall–Kier alpha value is -1.50. The number of anilines is 1. The van der Waals surface area contributed by atoms with Crippen LogP contribution in [-0.2, 0) is 6.54 Å². The van der Waals surface area contributed by atoms with Crippen LogP contribution in [0, 0.1) is 5.82 Å². The fourth-order valence-corrected chi connectivity index (χ4v) is 3.19. The normalized spacial score (nSPS) is 11.0. The van der Waals surface area contributed by atoms with E-state index < -0.39 is 5.82 Å². The van der Waals surface area contributed by atoms with E-state index >= 15 is 0 Å². The molecule has 0 saturated carbocycles. The second kappa shape index (κ2) is 5.71. The zero-order valence-electron chi connectivity index (χ0n) is 10.9. The first kappa shape index (κ1) is 14.4. The number of imidazole rings is 1. The van der Waals surface area contributed by atoms with Gasteiger partial charge in [-0.1, -0.05) is 23.2 Å². The Morgan fingerprint density at radius 2 is 2.10 bits per heavy atom. The van der Waals surface area contributed by atoms with Crippen LogP contribution in [0.25, 0.3) is 4.96 Å². The maximum absolute atomic E-state index is 13.4. The van der Waals surface area contributed by atoms with Crippen LogP contribution >= 0.6 is 34.5 Å². The highest BCUT2D eigenvalue weighted by Crippen LogP contribution is 2.29. The Morgan fingerprint density at radius 1 is 1.38 bits per heavy atom. The van der Waals surface area contributed by atoms with E-state index in [2.05, 4.69) is 10.3 Å². The smallest absolute Gasteiger partial charge is 0.238 e. The topological polar surface area (TPSA) is 38.6 Å². The number of halogens is 3. The Morgan fingerprint density at radius 3 is 2.76 bits per heavy atom. The van der Waals surface area contributed by atoms with Crippen molar-refractivity contribution >= 4 is 45.2 Å². The van der Waals surface area contributed by atoms with Crippen LogP contribution in [0.2, 0.25) is 10.0 Å². The number of aromatic nitrogens is 2. The van der Waals surface area contributed by atoms with E-state index in [4.69, 9.17) is 27.9 Å². The van der Waals surface area contributed by atoms with E-state index in [0.717, 1.165) is 10.7 Å². The SMILES string of the molecule is COc1nc2sccn2c1CNc1cc(Cl)c(F)c(Cl)c1. The van der Waals surface area contributed by atoms with Crippen molar-refractivity contribution < 1.29 is 9.13 Å². The number of methoxy groups -OCH3 is 1. The van der Waals surface area contributed by atoms with Gasteiger partial charge in [-0.05, 0) is 12.1 Å². The number of hydrogen-bond acceptors (Lipinski definition) is 4. The minimum absolute atomic E-state index is 0.0223. The van der Waals surface area contributed by atoms with Gasteiger partial charge in [-0.2, -0.15) is 4.98 Å². The van der Waals surface area contributed by atoms with E-state index in [1.807, 2.05) is 16.0 Å². The Labute approximate surface area is 134 Å². The van der Waals surface area contributed by atoms with Gasteiger partial charge in [-0.3, -0.25) is 4.40 Å². The number of ether oxygens (including phenoxy) is 1. The van der Waals surface area contributed by atoms with Crippen molar-refractivity contribution in [2.24, 2.45) is 0 Å². The van der Waals surface area contributed by atoms with Crippen LogP contribution in [0.4, 0.5) is 10.1 Å². The number of fused-ring (bicyclic) bond motifs is 1. The zero-order chi connectivity index (χ0) is 15.0. The molecule has 0 fully saturated rings. The number of nitrogens with zero attached hydrogens (tertiary/aromatic N) is 2. The highest BCUT2D eigenvalue weighted by molar-refractivity contribution is 7.15. The van der Waals surface area contributed by atoms with Crippen molar-refractivity contribution in [1.82, 2.24) is 9.38 Å². The van der Waals surface area contributed by atoms with Crippen molar-refractivity contribution in [2.75, 3.05) is 12.4 Å².